The molecule has 0 bridgehead atoms. The standard InChI is InChI=1S/C16H18F3N3O2/c1-11(15(23)24)21(2)8-13-7-20-22(10-13)9-12-3-5-14(6-4-12)16(17,18)19/h3-7,10-11H,8-9H2,1-2H3,(H,23,24). The number of carboxylic acid groups (broad SMARTS) is 1. The first-order valence-corrected chi connectivity index (χ1v) is 7.27. The molecule has 0 radical (unpaired) electrons. The molecule has 1 aromatic carbocycles. The lowest BCUT2D eigenvalue weighted by Crippen LogP contribution is -2.35. The average molecular weight is 341 g/mol. The highest BCUT2D eigenvalue weighted by molar-refractivity contribution is 5.72. The van der Waals surface area contributed by atoms with Crippen LogP contribution in [-0.4, -0.2) is 38.8 Å². The van der Waals surface area contributed by atoms with Gasteiger partial charge in [-0.25, -0.2) is 0 Å². The summed E-state index contributed by atoms with van der Waals surface area (Å²) in [5.74, 6) is -0.908. The van der Waals surface area contributed by atoms with Crippen LogP contribution in [0, 0.1) is 0 Å². The molecule has 8 heteroatoms. The van der Waals surface area contributed by atoms with E-state index in [1.165, 1.54) is 12.1 Å². The van der Waals surface area contributed by atoms with Crippen molar-refractivity contribution in [1.29, 1.82) is 0 Å². The Kier molecular flexibility index (Phi) is 5.28. The number of halogens is 3. The SMILES string of the molecule is CC(C(=O)O)N(C)Cc1cnn(Cc2ccc(C(F)(F)F)cc2)c1. The Balaban J connectivity index is 2.00. The molecule has 1 atom stereocenters. The lowest BCUT2D eigenvalue weighted by atomic mass is 10.1. The molecule has 1 N–H and O–H groups in total. The van der Waals surface area contributed by atoms with Gasteiger partial charge in [0.05, 0.1) is 18.3 Å². The van der Waals surface area contributed by atoms with Crippen molar-refractivity contribution in [3.63, 3.8) is 0 Å². The summed E-state index contributed by atoms with van der Waals surface area (Å²) >= 11 is 0. The summed E-state index contributed by atoms with van der Waals surface area (Å²) < 4.78 is 39.2. The molecule has 130 valence electrons. The van der Waals surface area contributed by atoms with Gasteiger partial charge in [-0.05, 0) is 31.7 Å². The second kappa shape index (κ2) is 7.04. The Morgan fingerprint density at radius 1 is 1.29 bits per heavy atom. The Morgan fingerprint density at radius 2 is 1.92 bits per heavy atom. The van der Waals surface area contributed by atoms with Crippen LogP contribution >= 0.6 is 0 Å². The van der Waals surface area contributed by atoms with E-state index in [0.29, 0.717) is 18.7 Å². The first-order chi connectivity index (χ1) is 11.2. The van der Waals surface area contributed by atoms with E-state index in [-0.39, 0.29) is 0 Å². The molecular formula is C16H18F3N3O2. The van der Waals surface area contributed by atoms with Gasteiger partial charge >= 0.3 is 12.1 Å². The molecule has 0 fully saturated rings. The molecule has 0 saturated heterocycles. The van der Waals surface area contributed by atoms with Crippen molar-refractivity contribution in [2.75, 3.05) is 7.05 Å². The molecule has 5 nitrogen and oxygen atoms in total. The summed E-state index contributed by atoms with van der Waals surface area (Å²) in [5, 5.41) is 13.1. The van der Waals surface area contributed by atoms with Crippen LogP contribution in [0.5, 0.6) is 0 Å². The Hall–Kier alpha value is -2.35. The molecule has 0 spiro atoms. The van der Waals surface area contributed by atoms with Crippen molar-refractivity contribution in [3.8, 4) is 0 Å². The van der Waals surface area contributed by atoms with Gasteiger partial charge in [-0.2, -0.15) is 18.3 Å². The third kappa shape index (κ3) is 4.58. The number of alkyl halides is 3. The number of aliphatic carboxylic acids is 1. The maximum atomic E-state index is 12.5. The van der Waals surface area contributed by atoms with Crippen LogP contribution in [0.4, 0.5) is 13.2 Å². The number of carboxylic acids is 1. The van der Waals surface area contributed by atoms with Crippen LogP contribution in [0.15, 0.2) is 36.7 Å². The average Bonchev–Trinajstić information content (AvgIpc) is 2.93. The third-order valence-corrected chi connectivity index (χ3v) is 3.76. The number of rotatable bonds is 6. The molecule has 1 heterocycles. The summed E-state index contributed by atoms with van der Waals surface area (Å²) in [6.45, 7) is 2.35. The molecule has 0 aliphatic carbocycles. The fraction of sp³-hybridized carbons (Fsp3) is 0.375. The summed E-state index contributed by atoms with van der Waals surface area (Å²) in [5.41, 5.74) is 0.846. The summed E-state index contributed by atoms with van der Waals surface area (Å²) in [4.78, 5) is 12.6. The molecule has 0 saturated carbocycles. The van der Waals surface area contributed by atoms with Crippen molar-refractivity contribution in [3.05, 3.63) is 53.3 Å². The van der Waals surface area contributed by atoms with Gasteiger partial charge in [-0.15, -0.1) is 0 Å². The van der Waals surface area contributed by atoms with E-state index in [9.17, 15) is 18.0 Å². The molecule has 0 aliphatic rings. The predicted octanol–water partition coefficient (Wildman–Crippen LogP) is 2.86. The van der Waals surface area contributed by atoms with Gasteiger partial charge in [0, 0.05) is 18.3 Å². The van der Waals surface area contributed by atoms with E-state index in [1.807, 2.05) is 0 Å². The monoisotopic (exact) mass is 341 g/mol. The molecule has 0 aliphatic heterocycles. The molecule has 24 heavy (non-hydrogen) atoms. The number of nitrogens with zero attached hydrogens (tertiary/aromatic N) is 3. The first-order valence-electron chi connectivity index (χ1n) is 7.27. The lowest BCUT2D eigenvalue weighted by Gasteiger charge is -2.19. The van der Waals surface area contributed by atoms with Crippen LogP contribution in [0.1, 0.15) is 23.6 Å². The van der Waals surface area contributed by atoms with Crippen molar-refractivity contribution in [1.82, 2.24) is 14.7 Å². The highest BCUT2D eigenvalue weighted by Crippen LogP contribution is 2.29. The fourth-order valence-corrected chi connectivity index (χ4v) is 2.17. The van der Waals surface area contributed by atoms with Gasteiger partial charge in [0.15, 0.2) is 0 Å². The minimum atomic E-state index is -4.34. The van der Waals surface area contributed by atoms with Crippen molar-refractivity contribution in [2.24, 2.45) is 0 Å². The smallest absolute Gasteiger partial charge is 0.416 e. The van der Waals surface area contributed by atoms with E-state index in [2.05, 4.69) is 5.10 Å². The number of carbonyl (C=O) groups is 1. The zero-order chi connectivity index (χ0) is 17.9. The zero-order valence-electron chi connectivity index (χ0n) is 13.3. The minimum Gasteiger partial charge on any atom is -0.480 e. The van der Waals surface area contributed by atoms with Crippen LogP contribution in [-0.2, 0) is 24.1 Å². The predicted molar refractivity (Wildman–Crippen MR) is 81.3 cm³/mol. The van der Waals surface area contributed by atoms with E-state index in [4.69, 9.17) is 5.11 Å². The number of hydrogen-bond acceptors (Lipinski definition) is 3. The lowest BCUT2D eigenvalue weighted by molar-refractivity contribution is -0.142. The topological polar surface area (TPSA) is 58.4 Å². The molecule has 0 amide bonds. The number of hydrogen-bond donors (Lipinski definition) is 1. The molecule has 2 rings (SSSR count). The molecule has 1 unspecified atom stereocenters. The van der Waals surface area contributed by atoms with E-state index in [1.54, 1.807) is 35.9 Å². The Labute approximate surface area is 137 Å². The zero-order valence-corrected chi connectivity index (χ0v) is 13.3. The van der Waals surface area contributed by atoms with Gasteiger partial charge in [-0.1, -0.05) is 12.1 Å². The molecule has 1 aromatic heterocycles. The van der Waals surface area contributed by atoms with Gasteiger partial charge in [0.1, 0.15) is 6.04 Å². The second-order valence-corrected chi connectivity index (χ2v) is 5.67. The van der Waals surface area contributed by atoms with Crippen LogP contribution in [0.3, 0.4) is 0 Å². The first kappa shape index (κ1) is 18.0. The second-order valence-electron chi connectivity index (χ2n) is 5.67. The summed E-state index contributed by atoms with van der Waals surface area (Å²) in [7, 11) is 1.70. The highest BCUT2D eigenvalue weighted by atomic mass is 19.4. The van der Waals surface area contributed by atoms with Gasteiger partial charge < -0.3 is 5.11 Å². The normalized spacial score (nSPS) is 13.2. The van der Waals surface area contributed by atoms with Crippen molar-refractivity contribution in [2.45, 2.75) is 32.2 Å². The third-order valence-electron chi connectivity index (χ3n) is 3.76. The fourth-order valence-electron chi connectivity index (χ4n) is 2.17. The van der Waals surface area contributed by atoms with Crippen molar-refractivity contribution < 1.29 is 23.1 Å². The van der Waals surface area contributed by atoms with E-state index < -0.39 is 23.8 Å². The minimum absolute atomic E-state index is 0.344. The molecular weight excluding hydrogens is 323 g/mol. The maximum absolute atomic E-state index is 12.5. The summed E-state index contributed by atoms with van der Waals surface area (Å²) in [6.07, 6.45) is -0.972. The van der Waals surface area contributed by atoms with Gasteiger partial charge in [-0.3, -0.25) is 14.4 Å². The number of likely N-dealkylation sites (N-methyl/N-ethyl adjacent to an activating group) is 1. The van der Waals surface area contributed by atoms with Gasteiger partial charge in [0.25, 0.3) is 0 Å². The largest absolute Gasteiger partial charge is 0.480 e. The van der Waals surface area contributed by atoms with E-state index in [0.717, 1.165) is 17.7 Å². The summed E-state index contributed by atoms with van der Waals surface area (Å²) in [6, 6.07) is 4.30. The molecule has 2 aromatic rings. The van der Waals surface area contributed by atoms with E-state index >= 15 is 0 Å². The van der Waals surface area contributed by atoms with Crippen LogP contribution in [0.2, 0.25) is 0 Å². The van der Waals surface area contributed by atoms with Crippen molar-refractivity contribution >= 4 is 5.97 Å². The Morgan fingerprint density at radius 3 is 2.46 bits per heavy atom. The number of aromatic nitrogens is 2. The maximum Gasteiger partial charge on any atom is 0.416 e. The van der Waals surface area contributed by atoms with Crippen LogP contribution in [0.25, 0.3) is 0 Å². The van der Waals surface area contributed by atoms with Gasteiger partial charge in [0.2, 0.25) is 0 Å². The number of benzene rings is 1. The van der Waals surface area contributed by atoms with Crippen LogP contribution < -0.4 is 0 Å². The highest BCUT2D eigenvalue weighted by Gasteiger charge is 2.29. The quantitative estimate of drug-likeness (QED) is 0.878. The Bertz CT molecular complexity index is 695.